The van der Waals surface area contributed by atoms with Crippen LogP contribution in [0.3, 0.4) is 0 Å². The van der Waals surface area contributed by atoms with Gasteiger partial charge in [-0.25, -0.2) is 15.0 Å². The molecule has 3 rings (SSSR count). The third kappa shape index (κ3) is 4.19. The maximum Gasteiger partial charge on any atom is 0.427 e. The number of nitrogens with zero attached hydrogens (tertiary/aromatic N) is 1. The molecule has 1 heterocycles. The molecule has 0 bridgehead atoms. The summed E-state index contributed by atoms with van der Waals surface area (Å²) in [4.78, 5) is 24.0. The number of esters is 1. The molecule has 7 nitrogen and oxygen atoms in total. The van der Waals surface area contributed by atoms with Crippen molar-refractivity contribution >= 4 is 17.8 Å². The highest BCUT2D eigenvalue weighted by Crippen LogP contribution is 2.30. The van der Waals surface area contributed by atoms with Crippen LogP contribution < -0.4 is 10.2 Å². The molecule has 0 saturated heterocycles. The minimum Gasteiger partial charge on any atom is -0.453 e. The first-order chi connectivity index (χ1) is 13.0. The lowest BCUT2D eigenvalue weighted by Crippen LogP contribution is -2.22. The summed E-state index contributed by atoms with van der Waals surface area (Å²) in [6.07, 6.45) is 1.58. The van der Waals surface area contributed by atoms with Crippen molar-refractivity contribution < 1.29 is 23.5 Å². The summed E-state index contributed by atoms with van der Waals surface area (Å²) in [7, 11) is 0. The molecule has 2 aromatic rings. The van der Waals surface area contributed by atoms with E-state index in [4.69, 9.17) is 13.9 Å². The van der Waals surface area contributed by atoms with Crippen molar-refractivity contribution in [1.29, 1.82) is 0 Å². The number of hydrogen-bond donors (Lipinski definition) is 1. The lowest BCUT2D eigenvalue weighted by molar-refractivity contribution is 0.0698. The van der Waals surface area contributed by atoms with Crippen LogP contribution in [0.5, 0.6) is 5.75 Å². The molecule has 142 valence electrons. The molecule has 0 fully saturated rings. The number of carbonyl (C=O) groups excluding carboxylic acids is 2. The van der Waals surface area contributed by atoms with E-state index in [0.717, 1.165) is 17.5 Å². The first-order valence-electron chi connectivity index (χ1n) is 8.90. The predicted molar refractivity (Wildman–Crippen MR) is 99.2 cm³/mol. The second kappa shape index (κ2) is 8.07. The Morgan fingerprint density at radius 3 is 2.63 bits per heavy atom. The second-order valence-electron chi connectivity index (χ2n) is 6.30. The van der Waals surface area contributed by atoms with Gasteiger partial charge in [0, 0.05) is 17.5 Å². The first-order valence-corrected chi connectivity index (χ1v) is 8.90. The molecule has 1 aromatic heterocycles. The molecular formula is C20H22N2O5. The zero-order valence-electron chi connectivity index (χ0n) is 15.6. The minimum atomic E-state index is -0.614. The molecule has 0 saturated carbocycles. The number of ether oxygens (including phenoxy) is 2. The van der Waals surface area contributed by atoms with Gasteiger partial charge in [0.05, 0.1) is 12.3 Å². The van der Waals surface area contributed by atoms with Gasteiger partial charge in [-0.15, -0.1) is 0 Å². The maximum atomic E-state index is 12.6. The van der Waals surface area contributed by atoms with E-state index in [-0.39, 0.29) is 12.4 Å². The molecule has 27 heavy (non-hydrogen) atoms. The highest BCUT2D eigenvalue weighted by molar-refractivity contribution is 6.06. The number of fused-ring (bicyclic) bond motifs is 1. The topological polar surface area (TPSA) is 90.1 Å². The third-order valence-corrected chi connectivity index (χ3v) is 4.30. The number of rotatable bonds is 4. The van der Waals surface area contributed by atoms with Crippen LogP contribution >= 0.6 is 0 Å². The van der Waals surface area contributed by atoms with Gasteiger partial charge < -0.3 is 13.9 Å². The SMILES string of the molecule is CCOC(=O)N/N=C1\CCCc2oc(C(=O)Oc3ccc(C)cc3)c(C)c21. The van der Waals surface area contributed by atoms with Crippen molar-refractivity contribution in [3.63, 3.8) is 0 Å². The molecule has 0 radical (unpaired) electrons. The molecule has 0 aliphatic heterocycles. The van der Waals surface area contributed by atoms with Crippen molar-refractivity contribution in [2.24, 2.45) is 5.10 Å². The van der Waals surface area contributed by atoms with E-state index in [9.17, 15) is 9.59 Å². The van der Waals surface area contributed by atoms with Crippen LogP contribution in [0.15, 0.2) is 33.8 Å². The normalized spacial score (nSPS) is 14.6. The van der Waals surface area contributed by atoms with Crippen LogP contribution in [-0.2, 0) is 11.2 Å². The average Bonchev–Trinajstić information content (AvgIpc) is 3.00. The van der Waals surface area contributed by atoms with Gasteiger partial charge in [-0.3, -0.25) is 0 Å². The van der Waals surface area contributed by atoms with Crippen molar-refractivity contribution in [3.8, 4) is 5.75 Å². The number of aryl methyl sites for hydroxylation is 2. The van der Waals surface area contributed by atoms with Gasteiger partial charge in [-0.05, 0) is 45.7 Å². The van der Waals surface area contributed by atoms with Gasteiger partial charge in [0.1, 0.15) is 11.5 Å². The summed E-state index contributed by atoms with van der Waals surface area (Å²) in [6.45, 7) is 5.74. The number of hydrogen-bond acceptors (Lipinski definition) is 6. The van der Waals surface area contributed by atoms with Gasteiger partial charge in [0.15, 0.2) is 0 Å². The fourth-order valence-electron chi connectivity index (χ4n) is 3.01. The number of amides is 1. The van der Waals surface area contributed by atoms with E-state index in [1.807, 2.05) is 19.1 Å². The Kier molecular flexibility index (Phi) is 5.59. The Morgan fingerprint density at radius 2 is 1.93 bits per heavy atom. The fourth-order valence-corrected chi connectivity index (χ4v) is 3.01. The molecule has 1 aliphatic rings. The molecule has 1 amide bonds. The van der Waals surface area contributed by atoms with Crippen molar-refractivity contribution in [2.45, 2.75) is 40.0 Å². The van der Waals surface area contributed by atoms with E-state index in [0.29, 0.717) is 35.6 Å². The molecule has 1 N–H and O–H groups in total. The second-order valence-corrected chi connectivity index (χ2v) is 6.30. The van der Waals surface area contributed by atoms with Crippen LogP contribution in [0.25, 0.3) is 0 Å². The van der Waals surface area contributed by atoms with E-state index < -0.39 is 12.1 Å². The van der Waals surface area contributed by atoms with Gasteiger partial charge >= 0.3 is 12.1 Å². The fraction of sp³-hybridized carbons (Fsp3) is 0.350. The smallest absolute Gasteiger partial charge is 0.427 e. The standard InChI is InChI=1S/C20H22N2O5/c1-4-25-20(24)22-21-15-6-5-7-16-17(15)13(3)18(27-16)19(23)26-14-10-8-12(2)9-11-14/h8-11H,4-7H2,1-3H3,(H,22,24)/b21-15+. The Hall–Kier alpha value is -3.09. The first kappa shape index (κ1) is 18.7. The predicted octanol–water partition coefficient (Wildman–Crippen LogP) is 3.90. The van der Waals surface area contributed by atoms with Crippen molar-refractivity contribution in [1.82, 2.24) is 5.43 Å². The average molecular weight is 370 g/mol. The zero-order chi connectivity index (χ0) is 19.4. The Labute approximate surface area is 157 Å². The van der Waals surface area contributed by atoms with Gasteiger partial charge in [-0.2, -0.15) is 5.10 Å². The van der Waals surface area contributed by atoms with Crippen molar-refractivity contribution in [3.05, 3.63) is 52.5 Å². The third-order valence-electron chi connectivity index (χ3n) is 4.30. The summed E-state index contributed by atoms with van der Waals surface area (Å²) in [5.41, 5.74) is 5.54. The molecule has 1 aromatic carbocycles. The molecule has 0 unspecified atom stereocenters. The summed E-state index contributed by atoms with van der Waals surface area (Å²) >= 11 is 0. The van der Waals surface area contributed by atoms with Crippen LogP contribution in [0.4, 0.5) is 4.79 Å². The van der Waals surface area contributed by atoms with Gasteiger partial charge in [-0.1, -0.05) is 17.7 Å². The molecule has 0 spiro atoms. The van der Waals surface area contributed by atoms with E-state index in [1.54, 1.807) is 26.0 Å². The van der Waals surface area contributed by atoms with Crippen LogP contribution in [-0.4, -0.2) is 24.4 Å². The summed E-state index contributed by atoms with van der Waals surface area (Å²) in [5.74, 6) is 0.742. The van der Waals surface area contributed by atoms with Crippen molar-refractivity contribution in [2.75, 3.05) is 6.61 Å². The molecule has 7 heteroatoms. The highest BCUT2D eigenvalue weighted by atomic mass is 16.6. The number of hydrazone groups is 1. The van der Waals surface area contributed by atoms with Crippen LogP contribution in [0.2, 0.25) is 0 Å². The number of carbonyl (C=O) groups is 2. The van der Waals surface area contributed by atoms with Crippen LogP contribution in [0.1, 0.15) is 52.8 Å². The summed E-state index contributed by atoms with van der Waals surface area (Å²) in [6, 6.07) is 7.21. The monoisotopic (exact) mass is 370 g/mol. The lowest BCUT2D eigenvalue weighted by Gasteiger charge is -2.13. The zero-order valence-corrected chi connectivity index (χ0v) is 15.6. The highest BCUT2D eigenvalue weighted by Gasteiger charge is 2.29. The summed E-state index contributed by atoms with van der Waals surface area (Å²) < 4.78 is 16.0. The number of nitrogens with one attached hydrogen (secondary N) is 1. The van der Waals surface area contributed by atoms with E-state index in [1.165, 1.54) is 0 Å². The molecule has 0 atom stereocenters. The Morgan fingerprint density at radius 1 is 1.19 bits per heavy atom. The Balaban J connectivity index is 1.83. The molecular weight excluding hydrogens is 348 g/mol. The number of furan rings is 1. The quantitative estimate of drug-likeness (QED) is 0.501. The van der Waals surface area contributed by atoms with Gasteiger partial charge in [0.25, 0.3) is 0 Å². The van der Waals surface area contributed by atoms with E-state index >= 15 is 0 Å². The summed E-state index contributed by atoms with van der Waals surface area (Å²) in [5, 5.41) is 4.15. The minimum absolute atomic E-state index is 0.159. The van der Waals surface area contributed by atoms with E-state index in [2.05, 4.69) is 10.5 Å². The number of benzene rings is 1. The molecule has 1 aliphatic carbocycles. The lowest BCUT2D eigenvalue weighted by atomic mass is 9.93. The Bertz CT molecular complexity index is 881. The maximum absolute atomic E-state index is 12.6. The van der Waals surface area contributed by atoms with Crippen LogP contribution in [0, 0.1) is 13.8 Å². The van der Waals surface area contributed by atoms with Gasteiger partial charge in [0.2, 0.25) is 5.76 Å². The largest absolute Gasteiger partial charge is 0.453 e.